The number of hydrogen-bond donors (Lipinski definition) is 2. The van der Waals surface area contributed by atoms with Gasteiger partial charge in [0.25, 0.3) is 7.37 Å². The Kier molecular flexibility index (Phi) is 11.5. The molecule has 1 aliphatic heterocycles. The number of hydrogen-bond acceptors (Lipinski definition) is 10. The average molecular weight is 799 g/mol. The van der Waals surface area contributed by atoms with E-state index in [4.69, 9.17) is 22.6 Å². The normalized spacial score (nSPS) is 14.3. The van der Waals surface area contributed by atoms with E-state index >= 15 is 4.57 Å². The highest BCUT2D eigenvalue weighted by Gasteiger charge is 2.46. The quantitative estimate of drug-likeness (QED) is 0.141. The van der Waals surface area contributed by atoms with Crippen LogP contribution in [0.3, 0.4) is 0 Å². The minimum Gasteiger partial charge on any atom is -0.507 e. The first kappa shape index (κ1) is 42.1. The number of aryl methyl sites for hydroxylation is 2. The highest BCUT2D eigenvalue weighted by Crippen LogP contribution is 2.62. The predicted octanol–water partition coefficient (Wildman–Crippen LogP) is 10.5. The Balaban J connectivity index is 1.94. The van der Waals surface area contributed by atoms with Gasteiger partial charge < -0.3 is 32.8 Å². The zero-order chi connectivity index (χ0) is 40.3. The largest absolute Gasteiger partial charge is 0.507 e. The van der Waals surface area contributed by atoms with Crippen LogP contribution in [0.1, 0.15) is 74.9 Å². The Labute approximate surface area is 319 Å². The van der Waals surface area contributed by atoms with Crippen LogP contribution in [0, 0.1) is 13.8 Å². The third-order valence-corrected chi connectivity index (χ3v) is 16.7. The third-order valence-electron chi connectivity index (χ3n) is 10.5. The molecule has 0 aromatic heterocycles. The average Bonchev–Trinajstić information content (AvgIpc) is 3.36. The van der Waals surface area contributed by atoms with Crippen LogP contribution >= 0.6 is 22.6 Å². The monoisotopic (exact) mass is 798 g/mol. The molecule has 1 aliphatic rings. The second-order valence-corrected chi connectivity index (χ2v) is 22.8. The molecule has 0 fully saturated rings. The van der Waals surface area contributed by atoms with Crippen molar-refractivity contribution in [2.75, 3.05) is 35.5 Å². The molecular weight excluding hydrogens is 745 g/mol. The maximum atomic E-state index is 16.0. The van der Waals surface area contributed by atoms with Crippen LogP contribution in [-0.4, -0.2) is 45.8 Å². The van der Waals surface area contributed by atoms with Gasteiger partial charge in [0.05, 0.1) is 22.9 Å². The van der Waals surface area contributed by atoms with Crippen LogP contribution < -0.4 is 10.6 Å². The molecule has 4 aromatic carbocycles. The van der Waals surface area contributed by atoms with E-state index in [0.717, 1.165) is 22.3 Å². The Hall–Kier alpha value is -3.03. The van der Waals surface area contributed by atoms with Gasteiger partial charge in [-0.05, 0) is 105 Å². The lowest BCUT2D eigenvalue weighted by molar-refractivity contribution is 0.274. The molecule has 0 radical (unpaired) electrons. The molecule has 2 N–H and O–H groups in total. The van der Waals surface area contributed by atoms with Crippen LogP contribution in [-0.2, 0) is 59.5 Å². The van der Waals surface area contributed by atoms with E-state index in [1.807, 2.05) is 38.1 Å². The van der Waals surface area contributed by atoms with Crippen LogP contribution in [0.4, 0.5) is 0 Å². The Morgan fingerprint density at radius 2 is 0.907 bits per heavy atom. The van der Waals surface area contributed by atoms with Crippen molar-refractivity contribution < 1.29 is 46.5 Å². The SMILES string of the molecule is COP(=O)(Cc1c(C)cc(C(C)(C)C)cc1-c1c(O)ccc2c1P(=O)(OC)c1c-2ccc(O)c1-c1cc(C(C)(C)C)cc(C)c1CP(=O)(OC)OC)OC. The van der Waals surface area contributed by atoms with Crippen molar-refractivity contribution >= 4 is 33.2 Å². The van der Waals surface area contributed by atoms with Gasteiger partial charge in [0.1, 0.15) is 11.5 Å². The van der Waals surface area contributed by atoms with E-state index in [1.54, 1.807) is 24.3 Å². The first-order chi connectivity index (χ1) is 25.0. The second-order valence-electron chi connectivity index (χ2n) is 15.9. The third kappa shape index (κ3) is 7.33. The van der Waals surface area contributed by atoms with Crippen molar-refractivity contribution in [2.24, 2.45) is 0 Å². The minimum atomic E-state index is -4.19. The summed E-state index contributed by atoms with van der Waals surface area (Å²) in [5.74, 6) is -0.318. The summed E-state index contributed by atoms with van der Waals surface area (Å²) < 4.78 is 71.1. The Morgan fingerprint density at radius 1 is 0.574 bits per heavy atom. The molecule has 0 amide bonds. The molecule has 0 atom stereocenters. The fourth-order valence-electron chi connectivity index (χ4n) is 7.19. The van der Waals surface area contributed by atoms with Crippen LogP contribution in [0.15, 0.2) is 48.5 Å². The molecule has 0 spiro atoms. The Morgan fingerprint density at radius 3 is 1.19 bits per heavy atom. The molecule has 1 heterocycles. The number of fused-ring (bicyclic) bond motifs is 3. The van der Waals surface area contributed by atoms with E-state index in [0.29, 0.717) is 33.4 Å². The van der Waals surface area contributed by atoms with Crippen LogP contribution in [0.2, 0.25) is 0 Å². The molecule has 5 rings (SSSR count). The molecule has 292 valence electrons. The van der Waals surface area contributed by atoms with Gasteiger partial charge in [0.15, 0.2) is 0 Å². The molecule has 13 heteroatoms. The zero-order valence-electron chi connectivity index (χ0n) is 33.5. The smallest absolute Gasteiger partial charge is 0.334 e. The van der Waals surface area contributed by atoms with E-state index in [-0.39, 0.29) is 56.4 Å². The van der Waals surface area contributed by atoms with Crippen LogP contribution in [0.5, 0.6) is 11.5 Å². The number of phenols is 2. The summed E-state index contributed by atoms with van der Waals surface area (Å²) in [5.41, 5.74) is 6.55. The van der Waals surface area contributed by atoms with Gasteiger partial charge in [-0.15, -0.1) is 0 Å². The van der Waals surface area contributed by atoms with Crippen molar-refractivity contribution in [2.45, 2.75) is 78.5 Å². The summed E-state index contributed by atoms with van der Waals surface area (Å²) in [7, 11) is -4.79. The lowest BCUT2D eigenvalue weighted by Gasteiger charge is -2.27. The number of aromatic hydroxyl groups is 2. The van der Waals surface area contributed by atoms with E-state index in [9.17, 15) is 19.3 Å². The second kappa shape index (κ2) is 14.8. The summed E-state index contributed by atoms with van der Waals surface area (Å²) in [6.07, 6.45) is -0.238. The molecule has 0 saturated heterocycles. The van der Waals surface area contributed by atoms with Gasteiger partial charge >= 0.3 is 15.2 Å². The molecule has 0 unspecified atom stereocenters. The highest BCUT2D eigenvalue weighted by atomic mass is 31.2. The van der Waals surface area contributed by atoms with Gasteiger partial charge in [-0.2, -0.15) is 0 Å². The molecule has 4 aromatic rings. The molecule has 0 bridgehead atoms. The van der Waals surface area contributed by atoms with Gasteiger partial charge in [-0.25, -0.2) is 0 Å². The maximum Gasteiger partial charge on any atom is 0.334 e. The standard InChI is InChI=1S/C41H53O10P3/c1-24-18-26(40(3,4)5)20-30(32(24)22-52(44,47-9)48-10)36-34(42)16-14-28-29-15-17-35(43)37(39(29)54(46,51-13)38(28)36)31-21-27(41(6,7)8)19-25(2)33(31)23-53(45,49-11)50-12/h14-21,42-43H,22-23H2,1-13H3. The highest BCUT2D eigenvalue weighted by molar-refractivity contribution is 7.76. The number of benzene rings is 4. The van der Waals surface area contributed by atoms with Gasteiger partial charge in [0, 0.05) is 46.7 Å². The summed E-state index contributed by atoms with van der Waals surface area (Å²) >= 11 is 0. The molecule has 0 aliphatic carbocycles. The maximum absolute atomic E-state index is 16.0. The summed E-state index contributed by atoms with van der Waals surface area (Å²) in [5, 5.41) is 24.2. The fraction of sp³-hybridized carbons (Fsp3) is 0.415. The van der Waals surface area contributed by atoms with Crippen molar-refractivity contribution in [1.82, 2.24) is 0 Å². The van der Waals surface area contributed by atoms with Crippen molar-refractivity contribution in [1.29, 1.82) is 0 Å². The predicted molar refractivity (Wildman–Crippen MR) is 217 cm³/mol. The molecule has 0 saturated carbocycles. The minimum absolute atomic E-state index is 0.119. The van der Waals surface area contributed by atoms with Gasteiger partial charge in [-0.1, -0.05) is 65.8 Å². The van der Waals surface area contributed by atoms with Crippen LogP contribution in [0.25, 0.3) is 33.4 Å². The molecule has 10 nitrogen and oxygen atoms in total. The Bertz CT molecular complexity index is 2110. The summed E-state index contributed by atoms with van der Waals surface area (Å²) in [6, 6.07) is 14.4. The fourth-order valence-corrected chi connectivity index (χ4v) is 12.3. The van der Waals surface area contributed by atoms with Crippen molar-refractivity contribution in [3.8, 4) is 44.9 Å². The zero-order valence-corrected chi connectivity index (χ0v) is 36.2. The van der Waals surface area contributed by atoms with Gasteiger partial charge in [0.2, 0.25) is 0 Å². The number of phenolic OH excluding ortho intramolecular Hbond substituents is 2. The first-order valence-electron chi connectivity index (χ1n) is 17.6. The van der Waals surface area contributed by atoms with E-state index in [2.05, 4.69) is 41.5 Å². The van der Waals surface area contributed by atoms with E-state index < -0.39 is 22.6 Å². The molecular formula is C41H53O10P3. The first-order valence-corrected chi connectivity index (χ1v) is 22.7. The lowest BCUT2D eigenvalue weighted by Crippen LogP contribution is -2.18. The number of rotatable bonds is 11. The van der Waals surface area contributed by atoms with Gasteiger partial charge in [-0.3, -0.25) is 13.7 Å². The van der Waals surface area contributed by atoms with Crippen molar-refractivity contribution in [3.63, 3.8) is 0 Å². The summed E-state index contributed by atoms with van der Waals surface area (Å²) in [6.45, 7) is 16.2. The topological polar surface area (TPSA) is 138 Å². The lowest BCUT2D eigenvalue weighted by atomic mass is 9.81. The van der Waals surface area contributed by atoms with E-state index in [1.165, 1.54) is 35.5 Å². The summed E-state index contributed by atoms with van der Waals surface area (Å²) in [4.78, 5) is 0. The van der Waals surface area contributed by atoms with Crippen molar-refractivity contribution in [3.05, 3.63) is 81.9 Å². The molecule has 54 heavy (non-hydrogen) atoms.